The van der Waals surface area contributed by atoms with Crippen LogP contribution < -0.4 is 0 Å². The third-order valence-corrected chi connectivity index (χ3v) is 6.09. The van der Waals surface area contributed by atoms with Crippen molar-refractivity contribution >= 4 is 11.9 Å². The molecule has 0 aromatic carbocycles. The summed E-state index contributed by atoms with van der Waals surface area (Å²) in [5.74, 6) is -0.576. The highest BCUT2D eigenvalue weighted by molar-refractivity contribution is 5.86. The average Bonchev–Trinajstić information content (AvgIpc) is 2.35. The van der Waals surface area contributed by atoms with E-state index in [2.05, 4.69) is 13.2 Å². The van der Waals surface area contributed by atoms with Gasteiger partial charge in [0.1, 0.15) is 0 Å². The van der Waals surface area contributed by atoms with Crippen molar-refractivity contribution in [3.05, 3.63) is 24.3 Å². The predicted molar refractivity (Wildman–Crippen MR) is 82.3 cm³/mol. The minimum atomic E-state index is -0.903. The number of aliphatic carboxylic acids is 2. The molecule has 0 unspecified atom stereocenters. The molecule has 22 heavy (non-hydrogen) atoms. The van der Waals surface area contributed by atoms with Crippen LogP contribution in [0.15, 0.2) is 24.3 Å². The molecule has 4 bridgehead atoms. The number of carboxylic acid groups (broad SMARTS) is 2. The number of carbonyl (C=O) groups is 2. The molecule has 0 aliphatic heterocycles. The van der Waals surface area contributed by atoms with Crippen LogP contribution in [0.5, 0.6) is 0 Å². The lowest BCUT2D eigenvalue weighted by Gasteiger charge is -2.62. The monoisotopic (exact) mass is 304 g/mol. The number of carboxylic acids is 2. The molecule has 4 aliphatic rings. The minimum Gasteiger partial charge on any atom is -0.478 e. The van der Waals surface area contributed by atoms with Crippen LogP contribution in [0.25, 0.3) is 0 Å². The molecule has 4 fully saturated rings. The molecule has 0 atom stereocenters. The molecule has 4 saturated carbocycles. The van der Waals surface area contributed by atoms with Crippen molar-refractivity contribution in [2.45, 2.75) is 51.4 Å². The van der Waals surface area contributed by atoms with Crippen molar-refractivity contribution in [3.63, 3.8) is 0 Å². The average molecular weight is 304 g/mol. The predicted octanol–water partition coefficient (Wildman–Crippen LogP) is 3.63. The third kappa shape index (κ3) is 2.59. The Bertz CT molecular complexity index is 499. The van der Waals surface area contributed by atoms with Crippen LogP contribution in [0.3, 0.4) is 0 Å². The van der Waals surface area contributed by atoms with Gasteiger partial charge in [0.2, 0.25) is 0 Å². The second-order valence-corrected chi connectivity index (χ2v) is 8.13. The van der Waals surface area contributed by atoms with Crippen molar-refractivity contribution in [1.82, 2.24) is 0 Å². The van der Waals surface area contributed by atoms with Crippen molar-refractivity contribution in [1.29, 1.82) is 0 Å². The van der Waals surface area contributed by atoms with Crippen LogP contribution in [-0.4, -0.2) is 22.2 Å². The Morgan fingerprint density at radius 1 is 0.864 bits per heavy atom. The molecule has 4 nitrogen and oxygen atoms in total. The Hall–Kier alpha value is -1.58. The number of hydrogen-bond donors (Lipinski definition) is 2. The van der Waals surface area contributed by atoms with Gasteiger partial charge in [0.15, 0.2) is 0 Å². The van der Waals surface area contributed by atoms with Crippen LogP contribution in [0.4, 0.5) is 0 Å². The van der Waals surface area contributed by atoms with E-state index in [9.17, 15) is 19.8 Å². The summed E-state index contributed by atoms with van der Waals surface area (Å²) in [6.45, 7) is 7.46. The van der Waals surface area contributed by atoms with Crippen LogP contribution in [0.2, 0.25) is 0 Å². The quantitative estimate of drug-likeness (QED) is 0.735. The smallest absolute Gasteiger partial charge is 0.330 e. The summed E-state index contributed by atoms with van der Waals surface area (Å²) in [7, 11) is 0. The SMILES string of the molecule is C=C(CC12CC3CC(C1)CC(CC(=C)C(=O)O)(C3)C2)C(=O)O. The van der Waals surface area contributed by atoms with Crippen molar-refractivity contribution in [2.24, 2.45) is 22.7 Å². The summed E-state index contributed by atoms with van der Waals surface area (Å²) in [4.78, 5) is 22.4. The summed E-state index contributed by atoms with van der Waals surface area (Å²) in [6.07, 6.45) is 7.59. The molecule has 0 saturated heterocycles. The highest BCUT2D eigenvalue weighted by atomic mass is 16.4. The van der Waals surface area contributed by atoms with E-state index < -0.39 is 11.9 Å². The lowest BCUT2D eigenvalue weighted by molar-refractivity contribution is -0.137. The Kier molecular flexibility index (Phi) is 3.46. The Balaban J connectivity index is 1.83. The first-order valence-corrected chi connectivity index (χ1v) is 8.05. The molecule has 0 heterocycles. The van der Waals surface area contributed by atoms with Gasteiger partial charge in [-0.2, -0.15) is 0 Å². The van der Waals surface area contributed by atoms with Gasteiger partial charge in [-0.15, -0.1) is 0 Å². The first-order valence-electron chi connectivity index (χ1n) is 8.05. The van der Waals surface area contributed by atoms with E-state index in [1.54, 1.807) is 0 Å². The first-order chi connectivity index (χ1) is 10.2. The number of rotatable bonds is 6. The zero-order chi connectivity index (χ0) is 16.1. The molecule has 0 aromatic rings. The maximum Gasteiger partial charge on any atom is 0.330 e. The van der Waals surface area contributed by atoms with Crippen molar-refractivity contribution in [3.8, 4) is 0 Å². The highest BCUT2D eigenvalue weighted by Gasteiger charge is 2.57. The van der Waals surface area contributed by atoms with E-state index in [1.807, 2.05) is 0 Å². The summed E-state index contributed by atoms with van der Waals surface area (Å²) in [5, 5.41) is 18.3. The van der Waals surface area contributed by atoms with E-state index in [4.69, 9.17) is 0 Å². The van der Waals surface area contributed by atoms with E-state index in [1.165, 1.54) is 6.42 Å². The molecule has 4 heteroatoms. The maximum atomic E-state index is 11.2. The molecule has 4 rings (SSSR count). The zero-order valence-electron chi connectivity index (χ0n) is 12.9. The summed E-state index contributed by atoms with van der Waals surface area (Å²) in [6, 6.07) is 0. The Labute approximate surface area is 130 Å². The summed E-state index contributed by atoms with van der Waals surface area (Å²) >= 11 is 0. The van der Waals surface area contributed by atoms with Gasteiger partial charge in [0.25, 0.3) is 0 Å². The summed E-state index contributed by atoms with van der Waals surface area (Å²) in [5.41, 5.74) is 0.653. The van der Waals surface area contributed by atoms with E-state index in [0.717, 1.165) is 32.1 Å². The van der Waals surface area contributed by atoms with Crippen LogP contribution in [0, 0.1) is 22.7 Å². The molecule has 0 spiro atoms. The minimum absolute atomic E-state index is 0.0261. The van der Waals surface area contributed by atoms with Gasteiger partial charge in [0, 0.05) is 11.1 Å². The van der Waals surface area contributed by atoms with Gasteiger partial charge >= 0.3 is 11.9 Å². The standard InChI is InChI=1S/C18H24O4/c1-11(15(19)20)4-17-6-13-3-14(7-17)9-18(8-13,10-17)5-12(2)16(21)22/h13-14H,1-10H2,(H,19,20)(H,21,22). The van der Waals surface area contributed by atoms with Crippen molar-refractivity contribution in [2.75, 3.05) is 0 Å². The largest absolute Gasteiger partial charge is 0.478 e. The van der Waals surface area contributed by atoms with Crippen molar-refractivity contribution < 1.29 is 19.8 Å². The van der Waals surface area contributed by atoms with Gasteiger partial charge in [-0.25, -0.2) is 9.59 Å². The molecule has 0 amide bonds. The van der Waals surface area contributed by atoms with Gasteiger partial charge in [-0.1, -0.05) is 13.2 Å². The first kappa shape index (κ1) is 15.3. The third-order valence-electron chi connectivity index (χ3n) is 6.09. The molecule has 4 aliphatic carbocycles. The zero-order valence-corrected chi connectivity index (χ0v) is 12.9. The van der Waals surface area contributed by atoms with Crippen LogP contribution in [0.1, 0.15) is 51.4 Å². The fourth-order valence-electron chi connectivity index (χ4n) is 6.12. The second-order valence-electron chi connectivity index (χ2n) is 8.13. The van der Waals surface area contributed by atoms with Crippen LogP contribution in [-0.2, 0) is 9.59 Å². The Morgan fingerprint density at radius 3 is 1.55 bits per heavy atom. The van der Waals surface area contributed by atoms with Crippen LogP contribution >= 0.6 is 0 Å². The van der Waals surface area contributed by atoms with E-state index >= 15 is 0 Å². The van der Waals surface area contributed by atoms with E-state index in [-0.39, 0.29) is 10.8 Å². The molecule has 0 aromatic heterocycles. The Morgan fingerprint density at radius 2 is 1.23 bits per heavy atom. The van der Waals surface area contributed by atoms with Gasteiger partial charge in [-0.05, 0) is 74.0 Å². The number of hydrogen-bond acceptors (Lipinski definition) is 2. The fraction of sp³-hybridized carbons (Fsp3) is 0.667. The molecular formula is C18H24O4. The van der Waals surface area contributed by atoms with Gasteiger partial charge in [0.05, 0.1) is 0 Å². The second kappa shape index (κ2) is 4.97. The molecular weight excluding hydrogens is 280 g/mol. The molecule has 2 N–H and O–H groups in total. The fourth-order valence-corrected chi connectivity index (χ4v) is 6.12. The van der Waals surface area contributed by atoms with Gasteiger partial charge < -0.3 is 10.2 Å². The topological polar surface area (TPSA) is 74.6 Å². The van der Waals surface area contributed by atoms with Gasteiger partial charge in [-0.3, -0.25) is 0 Å². The molecule has 0 radical (unpaired) electrons. The maximum absolute atomic E-state index is 11.2. The lowest BCUT2D eigenvalue weighted by atomic mass is 9.42. The van der Waals surface area contributed by atoms with E-state index in [0.29, 0.717) is 35.8 Å². The lowest BCUT2D eigenvalue weighted by Crippen LogP contribution is -2.52. The molecule has 120 valence electrons. The normalized spacial score (nSPS) is 38.7. The highest BCUT2D eigenvalue weighted by Crippen LogP contribution is 2.68. The summed E-state index contributed by atoms with van der Waals surface area (Å²) < 4.78 is 0.